The number of aliphatic hydroxyl groups is 2. The van der Waals surface area contributed by atoms with Crippen molar-refractivity contribution < 1.29 is 51.2 Å². The van der Waals surface area contributed by atoms with Gasteiger partial charge in [0.1, 0.15) is 0 Å². The quantitative estimate of drug-likeness (QED) is 0.252. The van der Waals surface area contributed by atoms with Crippen LogP contribution in [-0.2, 0) is 26.3 Å². The Balaban J connectivity index is -0.0000000910. The molecular weight excluding hydrogens is 199 g/mol. The van der Waals surface area contributed by atoms with E-state index in [2.05, 4.69) is 0 Å². The van der Waals surface area contributed by atoms with Crippen molar-refractivity contribution in [1.29, 1.82) is 0 Å². The van der Waals surface area contributed by atoms with Crippen LogP contribution in [0.25, 0.3) is 0 Å². The van der Waals surface area contributed by atoms with E-state index in [1.165, 1.54) is 0 Å². The van der Waals surface area contributed by atoms with E-state index in [1.54, 1.807) is 0 Å². The molecule has 0 aromatic heterocycles. The molecule has 62 valence electrons. The largest absolute Gasteiger partial charge is 0.466 e. The number of aliphatic hydroxyl groups excluding tert-OH is 2. The third-order valence-electron chi connectivity index (χ3n) is 0.1000. The van der Waals surface area contributed by atoms with Crippen molar-refractivity contribution in [3.63, 3.8) is 0 Å². The zero-order valence-electron chi connectivity index (χ0n) is 5.01. The Bertz CT molecular complexity index is 79.5. The number of rotatable bonds is 1. The van der Waals surface area contributed by atoms with Crippen molar-refractivity contribution in [3.05, 3.63) is 0 Å². The summed E-state index contributed by atoms with van der Waals surface area (Å²) in [4.78, 5) is 21.6. The van der Waals surface area contributed by atoms with E-state index in [1.807, 2.05) is 0 Å². The summed E-state index contributed by atoms with van der Waals surface area (Å²) in [5.74, 6) is 0. The minimum Gasteiger partial charge on any atom is -0.394 e. The van der Waals surface area contributed by atoms with E-state index in [0.29, 0.717) is 0 Å². The van der Waals surface area contributed by atoms with E-state index in [9.17, 15) is 0 Å². The second-order valence-electron chi connectivity index (χ2n) is 0.960. The number of phosphoric acid groups is 1. The first-order chi connectivity index (χ1) is 3.91. The van der Waals surface area contributed by atoms with Gasteiger partial charge in [-0.1, -0.05) is 0 Å². The predicted molar refractivity (Wildman–Crippen MR) is 28.4 cm³/mol. The summed E-state index contributed by atoms with van der Waals surface area (Å²) in [6.45, 7) is -0.250. The van der Waals surface area contributed by atoms with Crippen LogP contribution in [0.2, 0.25) is 0 Å². The number of hydrogen-bond acceptors (Lipinski definition) is 3. The van der Waals surface area contributed by atoms with Gasteiger partial charge in [-0.15, -0.1) is 0 Å². The van der Waals surface area contributed by atoms with Crippen molar-refractivity contribution in [3.8, 4) is 0 Å². The molecule has 0 aliphatic heterocycles. The zero-order valence-corrected chi connectivity index (χ0v) is 7.46. The predicted octanol–water partition coefficient (Wildman–Crippen LogP) is -1.96. The van der Waals surface area contributed by atoms with E-state index < -0.39 is 7.82 Å². The molecule has 5 N–H and O–H groups in total. The Hall–Kier alpha value is 0.744. The molecule has 0 radical (unpaired) electrons. The normalized spacial score (nSPS) is 8.90. The van der Waals surface area contributed by atoms with Crippen molar-refractivity contribution in [2.24, 2.45) is 0 Å². The molecule has 6 nitrogen and oxygen atoms in total. The van der Waals surface area contributed by atoms with Gasteiger partial charge in [0.25, 0.3) is 0 Å². The maximum atomic E-state index is 8.88. The van der Waals surface area contributed by atoms with E-state index in [-0.39, 0.29) is 34.9 Å². The first kappa shape index (κ1) is 17.0. The monoisotopic (exact) mass is 208 g/mol. The molecule has 0 fully saturated rings. The molecule has 8 heteroatoms. The van der Waals surface area contributed by atoms with Crippen LogP contribution in [0.5, 0.6) is 0 Å². The Morgan fingerprint density at radius 3 is 1.10 bits per heavy atom. The average Bonchev–Trinajstić information content (AvgIpc) is 1.61. The van der Waals surface area contributed by atoms with Crippen LogP contribution in [0.15, 0.2) is 0 Å². The fourth-order valence-electron chi connectivity index (χ4n) is 0. The summed E-state index contributed by atoms with van der Waals surface area (Å²) in [6, 6.07) is 0. The summed E-state index contributed by atoms with van der Waals surface area (Å²) in [7, 11) is -4.64. The molecule has 0 saturated carbocycles. The molecule has 0 aliphatic carbocycles. The molecule has 0 unspecified atom stereocenters. The molecule has 0 heterocycles. The van der Waals surface area contributed by atoms with E-state index >= 15 is 0 Å². The summed E-state index contributed by atoms with van der Waals surface area (Å²) < 4.78 is 8.88. The van der Waals surface area contributed by atoms with Gasteiger partial charge < -0.3 is 24.9 Å². The van der Waals surface area contributed by atoms with Gasteiger partial charge in [-0.05, 0) is 0 Å². The van der Waals surface area contributed by atoms with Gasteiger partial charge in [0.05, 0.1) is 13.2 Å². The Morgan fingerprint density at radius 2 is 1.10 bits per heavy atom. The first-order valence-corrected chi connectivity index (χ1v) is 3.48. The first-order valence-electron chi connectivity index (χ1n) is 1.92. The van der Waals surface area contributed by atoms with Gasteiger partial charge >= 0.3 is 7.82 Å². The minimum atomic E-state index is -4.64. The van der Waals surface area contributed by atoms with Crippen molar-refractivity contribution in [1.82, 2.24) is 0 Å². The maximum absolute atomic E-state index is 8.88. The fraction of sp³-hybridized carbons (Fsp3) is 1.00. The smallest absolute Gasteiger partial charge is 0.394 e. The molecule has 0 aromatic rings. The summed E-state index contributed by atoms with van der Waals surface area (Å²) in [5.41, 5.74) is 0. The SMILES string of the molecule is O=P(O)(O)O.OCCO.[Ti]. The topological polar surface area (TPSA) is 118 Å². The minimum absolute atomic E-state index is 0. The molecular formula is C2H9O6PTi. The van der Waals surface area contributed by atoms with Crippen LogP contribution in [0.4, 0.5) is 0 Å². The Morgan fingerprint density at radius 1 is 1.00 bits per heavy atom. The third-order valence-corrected chi connectivity index (χ3v) is 0.1000. The Kier molecular flexibility index (Phi) is 16.6. The molecule has 0 spiro atoms. The Labute approximate surface area is 72.6 Å². The second-order valence-corrected chi connectivity index (χ2v) is 1.99. The second kappa shape index (κ2) is 9.74. The van der Waals surface area contributed by atoms with Crippen LogP contribution in [0.1, 0.15) is 0 Å². The average molecular weight is 208 g/mol. The van der Waals surface area contributed by atoms with Gasteiger partial charge in [0.15, 0.2) is 0 Å². The van der Waals surface area contributed by atoms with Gasteiger partial charge in [-0.2, -0.15) is 0 Å². The van der Waals surface area contributed by atoms with Gasteiger partial charge in [0, 0.05) is 21.7 Å². The summed E-state index contributed by atoms with van der Waals surface area (Å²) in [5, 5.41) is 15.2. The van der Waals surface area contributed by atoms with Crippen molar-refractivity contribution in [2.45, 2.75) is 0 Å². The molecule has 0 bridgehead atoms. The van der Waals surface area contributed by atoms with E-state index in [4.69, 9.17) is 29.5 Å². The van der Waals surface area contributed by atoms with Crippen LogP contribution in [-0.4, -0.2) is 38.1 Å². The maximum Gasteiger partial charge on any atom is 0.466 e. The zero-order chi connectivity index (χ0) is 7.91. The molecule has 0 aromatic carbocycles. The van der Waals surface area contributed by atoms with Gasteiger partial charge in [-0.3, -0.25) is 0 Å². The van der Waals surface area contributed by atoms with Crippen molar-refractivity contribution >= 4 is 7.82 Å². The van der Waals surface area contributed by atoms with Crippen LogP contribution in [0.3, 0.4) is 0 Å². The number of hydrogen-bond donors (Lipinski definition) is 5. The fourth-order valence-corrected chi connectivity index (χ4v) is 0. The standard InChI is InChI=1S/C2H6O2.H3O4P.Ti/c3-1-2-4;1-5(2,3)4;/h3-4H,1-2H2;(H3,1,2,3,4);. The van der Waals surface area contributed by atoms with Gasteiger partial charge in [0.2, 0.25) is 0 Å². The molecule has 0 amide bonds. The van der Waals surface area contributed by atoms with Crippen LogP contribution in [0, 0.1) is 0 Å². The van der Waals surface area contributed by atoms with Gasteiger partial charge in [-0.25, -0.2) is 4.57 Å². The summed E-state index contributed by atoms with van der Waals surface area (Å²) in [6.07, 6.45) is 0. The molecule has 0 atom stereocenters. The summed E-state index contributed by atoms with van der Waals surface area (Å²) >= 11 is 0. The van der Waals surface area contributed by atoms with Crippen molar-refractivity contribution in [2.75, 3.05) is 13.2 Å². The van der Waals surface area contributed by atoms with Crippen LogP contribution >= 0.6 is 7.82 Å². The third kappa shape index (κ3) is 172. The van der Waals surface area contributed by atoms with E-state index in [0.717, 1.165) is 0 Å². The molecule has 0 saturated heterocycles. The molecule has 0 aliphatic rings. The molecule has 0 rings (SSSR count). The molecule has 10 heavy (non-hydrogen) atoms. The van der Waals surface area contributed by atoms with Crippen LogP contribution < -0.4 is 0 Å².